The van der Waals surface area contributed by atoms with E-state index in [0.29, 0.717) is 28.6 Å². The number of hydrogen-bond acceptors (Lipinski definition) is 8. The molecule has 0 fully saturated rings. The molecule has 0 radical (unpaired) electrons. The number of aliphatic carboxylic acids is 1. The van der Waals surface area contributed by atoms with Gasteiger partial charge in [-0.3, -0.25) is 0 Å². The van der Waals surface area contributed by atoms with E-state index in [1.165, 1.54) is 29.0 Å². The lowest BCUT2D eigenvalue weighted by Gasteiger charge is -2.23. The van der Waals surface area contributed by atoms with Crippen molar-refractivity contribution in [2.24, 2.45) is 0 Å². The van der Waals surface area contributed by atoms with E-state index in [0.717, 1.165) is 12.5 Å². The fraction of sp³-hybridized carbons (Fsp3) is 0.286. The summed E-state index contributed by atoms with van der Waals surface area (Å²) in [5.41, 5.74) is 6.01. The van der Waals surface area contributed by atoms with Crippen LogP contribution < -0.4 is 5.73 Å². The maximum atomic E-state index is 13.3. The Morgan fingerprint density at radius 2 is 1.81 bits per heavy atom. The Labute approximate surface area is 199 Å². The standard InChI is InChI=1S/C19H18F2N6O2.C2HF3O2/c1-9-4-5-11(19(3,28)18(20)21)6-12(9)13-7-24-17-15(22)25-16(26-27(13)17)14-8-23-10(2)29-14;3-2(4,5)1(6)7/h4-8,18,28H,1-3H3,(H2,22,25,26);(H,6,7). The first-order valence-corrected chi connectivity index (χ1v) is 9.99. The predicted molar refractivity (Wildman–Crippen MR) is 115 cm³/mol. The van der Waals surface area contributed by atoms with Crippen LogP contribution in [-0.2, 0) is 10.4 Å². The molecular weight excluding hydrogens is 495 g/mol. The summed E-state index contributed by atoms with van der Waals surface area (Å²) in [5, 5.41) is 21.8. The van der Waals surface area contributed by atoms with Crippen LogP contribution in [0.15, 0.2) is 35.0 Å². The average molecular weight is 514 g/mol. The lowest BCUT2D eigenvalue weighted by Crippen LogP contribution is -2.30. The van der Waals surface area contributed by atoms with Gasteiger partial charge >= 0.3 is 12.1 Å². The van der Waals surface area contributed by atoms with Crippen LogP contribution in [0.3, 0.4) is 0 Å². The van der Waals surface area contributed by atoms with E-state index >= 15 is 0 Å². The minimum absolute atomic E-state index is 0.0798. The summed E-state index contributed by atoms with van der Waals surface area (Å²) in [7, 11) is 0. The maximum absolute atomic E-state index is 13.3. The first-order valence-electron chi connectivity index (χ1n) is 9.99. The normalized spacial score (nSPS) is 13.4. The second kappa shape index (κ2) is 9.49. The van der Waals surface area contributed by atoms with E-state index in [9.17, 15) is 27.1 Å². The van der Waals surface area contributed by atoms with E-state index in [1.807, 2.05) is 6.92 Å². The summed E-state index contributed by atoms with van der Waals surface area (Å²) in [5.74, 6) is -1.63. The highest BCUT2D eigenvalue weighted by Crippen LogP contribution is 2.33. The third-order valence-electron chi connectivity index (χ3n) is 5.00. The second-order valence-electron chi connectivity index (χ2n) is 7.72. The number of rotatable bonds is 4. The molecule has 10 nitrogen and oxygen atoms in total. The Morgan fingerprint density at radius 3 is 2.33 bits per heavy atom. The first kappa shape index (κ1) is 26.5. The number of hydrogen-bond donors (Lipinski definition) is 3. The van der Waals surface area contributed by atoms with Crippen molar-refractivity contribution in [3.05, 3.63) is 47.6 Å². The fourth-order valence-electron chi connectivity index (χ4n) is 2.99. The quantitative estimate of drug-likeness (QED) is 0.346. The summed E-state index contributed by atoms with van der Waals surface area (Å²) >= 11 is 0. The van der Waals surface area contributed by atoms with Crippen LogP contribution in [0, 0.1) is 13.8 Å². The number of oxazole rings is 1. The van der Waals surface area contributed by atoms with E-state index in [1.54, 1.807) is 13.0 Å². The predicted octanol–water partition coefficient (Wildman–Crippen LogP) is 3.75. The number of nitrogens with zero attached hydrogens (tertiary/aromatic N) is 5. The molecule has 36 heavy (non-hydrogen) atoms. The monoisotopic (exact) mass is 514 g/mol. The number of aromatic nitrogens is 5. The lowest BCUT2D eigenvalue weighted by atomic mass is 9.92. The molecule has 0 aliphatic rings. The largest absolute Gasteiger partial charge is 0.490 e. The Morgan fingerprint density at radius 1 is 1.17 bits per heavy atom. The van der Waals surface area contributed by atoms with Crippen molar-refractivity contribution in [3.8, 4) is 22.8 Å². The van der Waals surface area contributed by atoms with Gasteiger partial charge in [-0.1, -0.05) is 12.1 Å². The van der Waals surface area contributed by atoms with Gasteiger partial charge in [0.15, 0.2) is 23.1 Å². The van der Waals surface area contributed by atoms with Crippen molar-refractivity contribution >= 4 is 17.4 Å². The lowest BCUT2D eigenvalue weighted by molar-refractivity contribution is -0.192. The van der Waals surface area contributed by atoms with Crippen molar-refractivity contribution < 1.29 is 41.4 Å². The molecule has 1 unspecified atom stereocenters. The van der Waals surface area contributed by atoms with Gasteiger partial charge in [0, 0.05) is 12.5 Å². The van der Waals surface area contributed by atoms with Crippen LogP contribution in [0.1, 0.15) is 23.9 Å². The number of halogens is 5. The van der Waals surface area contributed by atoms with E-state index < -0.39 is 24.2 Å². The molecule has 0 aliphatic heterocycles. The summed E-state index contributed by atoms with van der Waals surface area (Å²) in [6, 6.07) is 4.63. The minimum Gasteiger partial charge on any atom is -0.475 e. The first-order chi connectivity index (χ1) is 16.6. The Bertz CT molecular complexity index is 1410. The minimum atomic E-state index is -5.08. The summed E-state index contributed by atoms with van der Waals surface area (Å²) in [6.07, 6.45) is -5.02. The van der Waals surface area contributed by atoms with Gasteiger partial charge in [-0.05, 0) is 31.0 Å². The van der Waals surface area contributed by atoms with Gasteiger partial charge in [-0.2, -0.15) is 13.2 Å². The van der Waals surface area contributed by atoms with E-state index in [4.69, 9.17) is 20.1 Å². The van der Waals surface area contributed by atoms with Crippen molar-refractivity contribution in [1.29, 1.82) is 0 Å². The molecule has 0 aliphatic carbocycles. The molecule has 4 aromatic rings. The molecule has 3 heterocycles. The number of benzene rings is 1. The van der Waals surface area contributed by atoms with E-state index in [2.05, 4.69) is 20.1 Å². The van der Waals surface area contributed by atoms with Crippen LogP contribution in [0.4, 0.5) is 27.8 Å². The summed E-state index contributed by atoms with van der Waals surface area (Å²) in [6.45, 7) is 4.59. The number of aryl methyl sites for hydroxylation is 2. The number of carboxylic acids is 1. The Hall–Kier alpha value is -4.14. The van der Waals surface area contributed by atoms with Crippen LogP contribution in [0.2, 0.25) is 0 Å². The van der Waals surface area contributed by atoms with Gasteiger partial charge in [0.1, 0.15) is 5.60 Å². The third-order valence-corrected chi connectivity index (χ3v) is 5.00. The van der Waals surface area contributed by atoms with Gasteiger partial charge in [-0.25, -0.2) is 33.0 Å². The summed E-state index contributed by atoms with van der Waals surface area (Å²) in [4.78, 5) is 21.4. The van der Waals surface area contributed by atoms with Crippen LogP contribution in [0.25, 0.3) is 28.5 Å². The SMILES string of the molecule is Cc1ncc(-c2nc(N)c3ncc(-c4cc(C(C)(O)C(F)F)ccc4C)n3n2)o1.O=C(O)C(F)(F)F. The number of fused-ring (bicyclic) bond motifs is 1. The van der Waals surface area contributed by atoms with E-state index in [-0.39, 0.29) is 17.2 Å². The van der Waals surface area contributed by atoms with Crippen LogP contribution in [0.5, 0.6) is 0 Å². The molecule has 192 valence electrons. The number of imidazole rings is 1. The van der Waals surface area contributed by atoms with Crippen molar-refractivity contribution in [3.63, 3.8) is 0 Å². The topological polar surface area (TPSA) is 153 Å². The number of carboxylic acid groups (broad SMARTS) is 1. The van der Waals surface area contributed by atoms with Gasteiger partial charge < -0.3 is 20.4 Å². The molecule has 0 spiro atoms. The fourth-order valence-corrected chi connectivity index (χ4v) is 2.99. The average Bonchev–Trinajstić information content (AvgIpc) is 3.40. The molecule has 0 bridgehead atoms. The number of alkyl halides is 5. The maximum Gasteiger partial charge on any atom is 0.490 e. The van der Waals surface area contributed by atoms with Gasteiger partial charge in [0.05, 0.1) is 18.1 Å². The number of aliphatic hydroxyl groups is 1. The molecule has 4 rings (SSSR count). The molecule has 0 saturated carbocycles. The Balaban J connectivity index is 0.000000454. The molecule has 0 saturated heterocycles. The summed E-state index contributed by atoms with van der Waals surface area (Å²) < 4.78 is 65.3. The number of anilines is 1. The van der Waals surface area contributed by atoms with Crippen LogP contribution in [-0.4, -0.2) is 53.4 Å². The molecule has 0 amide bonds. The molecule has 4 N–H and O–H groups in total. The molecule has 3 aromatic heterocycles. The zero-order valence-corrected chi connectivity index (χ0v) is 18.9. The van der Waals surface area contributed by atoms with Gasteiger partial charge in [-0.15, -0.1) is 5.10 Å². The van der Waals surface area contributed by atoms with Gasteiger partial charge in [0.2, 0.25) is 5.82 Å². The smallest absolute Gasteiger partial charge is 0.475 e. The van der Waals surface area contributed by atoms with Crippen molar-refractivity contribution in [2.75, 3.05) is 5.73 Å². The number of carbonyl (C=O) groups is 1. The Kier molecular flexibility index (Phi) is 6.97. The van der Waals surface area contributed by atoms with Gasteiger partial charge in [0.25, 0.3) is 6.43 Å². The van der Waals surface area contributed by atoms with Crippen molar-refractivity contribution in [2.45, 2.75) is 39.0 Å². The van der Waals surface area contributed by atoms with Crippen LogP contribution >= 0.6 is 0 Å². The third kappa shape index (κ3) is 5.25. The molecular formula is C21H19F5N6O4. The molecule has 1 aromatic carbocycles. The molecule has 1 atom stereocenters. The zero-order chi connectivity index (χ0) is 27.0. The van der Waals surface area contributed by atoms with Crippen molar-refractivity contribution in [1.82, 2.24) is 24.6 Å². The highest BCUT2D eigenvalue weighted by atomic mass is 19.4. The highest BCUT2D eigenvalue weighted by Gasteiger charge is 2.38. The number of nitrogen functional groups attached to an aromatic ring is 1. The zero-order valence-electron chi connectivity index (χ0n) is 18.9. The highest BCUT2D eigenvalue weighted by molar-refractivity contribution is 5.73. The number of nitrogens with two attached hydrogens (primary N) is 1. The second-order valence-corrected chi connectivity index (χ2v) is 7.72. The molecule has 15 heteroatoms.